The molecule has 3 rings (SSSR count). The van der Waals surface area contributed by atoms with Gasteiger partial charge in [-0.25, -0.2) is 0 Å². The van der Waals surface area contributed by atoms with Crippen molar-refractivity contribution in [1.82, 2.24) is 10.2 Å². The number of nitrogens with zero attached hydrogens (tertiary/aromatic N) is 1. The molecule has 1 aliphatic heterocycles. The highest BCUT2D eigenvalue weighted by Crippen LogP contribution is 2.52. The first-order valence-electron chi connectivity index (χ1n) is 10.1. The smallest absolute Gasteiger partial charge is 0.318 e. The second-order valence-corrected chi connectivity index (χ2v) is 7.55. The lowest BCUT2D eigenvalue weighted by Crippen LogP contribution is -2.41. The number of ether oxygens (including phenoxy) is 1. The summed E-state index contributed by atoms with van der Waals surface area (Å²) in [7, 11) is 1.34. The number of rotatable bonds is 7. The molecule has 0 bridgehead atoms. The number of esters is 1. The molecule has 2 atom stereocenters. The number of carbonyl (C=O) groups excluding carboxylic acids is 3. The minimum absolute atomic E-state index is 0.0499. The van der Waals surface area contributed by atoms with Crippen LogP contribution in [0.4, 0.5) is 0 Å². The molecule has 0 aromatic heterocycles. The number of likely N-dealkylation sites (tertiary alicyclic amines) is 1. The summed E-state index contributed by atoms with van der Waals surface area (Å²) < 4.78 is 5.15. The molecule has 0 spiro atoms. The van der Waals surface area contributed by atoms with Gasteiger partial charge in [-0.05, 0) is 24.8 Å². The van der Waals surface area contributed by atoms with Gasteiger partial charge in [-0.3, -0.25) is 14.4 Å². The maximum Gasteiger partial charge on any atom is 0.318 e. The van der Waals surface area contributed by atoms with Crippen molar-refractivity contribution in [3.63, 3.8) is 0 Å². The lowest BCUT2D eigenvalue weighted by molar-refractivity contribution is -0.155. The Labute approximate surface area is 171 Å². The van der Waals surface area contributed by atoms with Gasteiger partial charge in [0, 0.05) is 25.2 Å². The molecule has 2 amide bonds. The molecule has 6 heteroatoms. The predicted octanol–water partition coefficient (Wildman–Crippen LogP) is 2.95. The number of hydrogen-bond donors (Lipinski definition) is 1. The molecule has 0 unspecified atom stereocenters. The van der Waals surface area contributed by atoms with Crippen molar-refractivity contribution >= 4 is 17.8 Å². The van der Waals surface area contributed by atoms with E-state index in [1.165, 1.54) is 7.11 Å². The van der Waals surface area contributed by atoms with Gasteiger partial charge < -0.3 is 15.0 Å². The fourth-order valence-corrected chi connectivity index (χ4v) is 4.48. The van der Waals surface area contributed by atoms with Crippen LogP contribution in [0.5, 0.6) is 0 Å². The number of hydrogen-bond acceptors (Lipinski definition) is 4. The van der Waals surface area contributed by atoms with Crippen LogP contribution in [0.15, 0.2) is 54.8 Å². The Bertz CT molecular complexity index is 817. The van der Waals surface area contributed by atoms with Gasteiger partial charge in [0.2, 0.25) is 11.8 Å². The van der Waals surface area contributed by atoms with Gasteiger partial charge in [0.15, 0.2) is 0 Å². The molecule has 2 aliphatic rings. The number of methoxy groups -OCH3 is 1. The largest absolute Gasteiger partial charge is 0.468 e. The average molecular weight is 396 g/mol. The quantitative estimate of drug-likeness (QED) is 0.568. The van der Waals surface area contributed by atoms with Crippen molar-refractivity contribution in [3.05, 3.63) is 60.3 Å². The van der Waals surface area contributed by atoms with Gasteiger partial charge in [-0.1, -0.05) is 48.9 Å². The summed E-state index contributed by atoms with van der Waals surface area (Å²) in [5.41, 5.74) is 0.548. The Morgan fingerprint density at radius 2 is 2.07 bits per heavy atom. The molecule has 6 nitrogen and oxygen atoms in total. The summed E-state index contributed by atoms with van der Waals surface area (Å²) >= 11 is 0. The minimum Gasteiger partial charge on any atom is -0.468 e. The number of benzene rings is 1. The minimum atomic E-state index is -1.10. The standard InChI is InChI=1S/C23H28N2O4/c1-3-14-25-19-12-8-5-9-13-23(19,22(28)29-2)18(21(25)27)15-20(26)24-16-17-10-6-4-7-11-17/h3-4,6-7,10-12,18H,1,5,8-9,13-16H2,2H3,(H,24,26)/t18-,23-/m1/s1. The van der Waals surface area contributed by atoms with E-state index in [9.17, 15) is 14.4 Å². The molecule has 29 heavy (non-hydrogen) atoms. The van der Waals surface area contributed by atoms with Gasteiger partial charge in [-0.15, -0.1) is 6.58 Å². The zero-order chi connectivity index (χ0) is 20.9. The van der Waals surface area contributed by atoms with E-state index in [2.05, 4.69) is 11.9 Å². The third-order valence-corrected chi connectivity index (χ3v) is 5.85. The third kappa shape index (κ3) is 3.97. The van der Waals surface area contributed by atoms with Gasteiger partial charge in [0.25, 0.3) is 0 Å². The average Bonchev–Trinajstić information content (AvgIpc) is 2.88. The number of allylic oxidation sites excluding steroid dienone is 1. The van der Waals surface area contributed by atoms with Crippen LogP contribution in [0, 0.1) is 11.3 Å². The third-order valence-electron chi connectivity index (χ3n) is 5.85. The van der Waals surface area contributed by atoms with E-state index in [4.69, 9.17) is 4.74 Å². The first-order chi connectivity index (χ1) is 14.0. The number of fused-ring (bicyclic) bond motifs is 1. The normalized spacial score (nSPS) is 23.6. The van der Waals surface area contributed by atoms with E-state index in [0.717, 1.165) is 24.8 Å². The molecule has 0 radical (unpaired) electrons. The van der Waals surface area contributed by atoms with Crippen LogP contribution in [0.25, 0.3) is 0 Å². The maximum absolute atomic E-state index is 13.3. The Balaban J connectivity index is 1.87. The van der Waals surface area contributed by atoms with Crippen molar-refractivity contribution in [2.24, 2.45) is 11.3 Å². The second-order valence-electron chi connectivity index (χ2n) is 7.55. The molecule has 1 N–H and O–H groups in total. The van der Waals surface area contributed by atoms with Crippen molar-refractivity contribution in [1.29, 1.82) is 0 Å². The Kier molecular flexibility index (Phi) is 6.52. The highest BCUT2D eigenvalue weighted by atomic mass is 16.5. The highest BCUT2D eigenvalue weighted by molar-refractivity contribution is 5.98. The molecule has 1 aromatic carbocycles. The lowest BCUT2D eigenvalue weighted by atomic mass is 9.71. The summed E-state index contributed by atoms with van der Waals surface area (Å²) in [6.07, 6.45) is 6.59. The van der Waals surface area contributed by atoms with E-state index in [0.29, 0.717) is 25.2 Å². The summed E-state index contributed by atoms with van der Waals surface area (Å²) in [6, 6.07) is 9.58. The molecule has 1 aromatic rings. The number of carbonyl (C=O) groups is 3. The molecule has 154 valence electrons. The van der Waals surface area contributed by atoms with Crippen LogP contribution < -0.4 is 5.32 Å². The summed E-state index contributed by atoms with van der Waals surface area (Å²) in [5.74, 6) is -1.67. The van der Waals surface area contributed by atoms with Crippen LogP contribution >= 0.6 is 0 Å². The topological polar surface area (TPSA) is 75.7 Å². The first kappa shape index (κ1) is 20.8. The molecule has 1 fully saturated rings. The van der Waals surface area contributed by atoms with Crippen LogP contribution in [-0.2, 0) is 25.7 Å². The molecule has 1 saturated heterocycles. The Morgan fingerprint density at radius 3 is 2.76 bits per heavy atom. The monoisotopic (exact) mass is 396 g/mol. The summed E-state index contributed by atoms with van der Waals surface area (Å²) in [4.78, 5) is 40.6. The Hall–Kier alpha value is -2.89. The molecular formula is C23H28N2O4. The van der Waals surface area contributed by atoms with E-state index in [1.807, 2.05) is 36.4 Å². The van der Waals surface area contributed by atoms with Crippen LogP contribution in [0.2, 0.25) is 0 Å². The summed E-state index contributed by atoms with van der Waals surface area (Å²) in [5, 5.41) is 2.88. The van der Waals surface area contributed by atoms with Crippen molar-refractivity contribution in [3.8, 4) is 0 Å². The van der Waals surface area contributed by atoms with Crippen LogP contribution in [-0.4, -0.2) is 36.3 Å². The van der Waals surface area contributed by atoms with E-state index in [1.54, 1.807) is 11.0 Å². The van der Waals surface area contributed by atoms with Gasteiger partial charge in [0.05, 0.1) is 13.0 Å². The van der Waals surface area contributed by atoms with Gasteiger partial charge in [0.1, 0.15) is 5.41 Å². The highest BCUT2D eigenvalue weighted by Gasteiger charge is 2.61. The molecular weight excluding hydrogens is 368 g/mol. The Morgan fingerprint density at radius 1 is 1.31 bits per heavy atom. The SMILES string of the molecule is C=CCN1C(=O)[C@@H](CC(=O)NCc2ccccc2)[C@]2(C(=O)OC)CCCCC=C12. The molecule has 0 saturated carbocycles. The fraction of sp³-hybridized carbons (Fsp3) is 0.435. The van der Waals surface area contributed by atoms with Crippen LogP contribution in [0.3, 0.4) is 0 Å². The maximum atomic E-state index is 13.3. The zero-order valence-corrected chi connectivity index (χ0v) is 16.9. The fourth-order valence-electron chi connectivity index (χ4n) is 4.48. The van der Waals surface area contributed by atoms with E-state index >= 15 is 0 Å². The number of nitrogens with one attached hydrogen (secondary N) is 1. The van der Waals surface area contributed by atoms with E-state index in [-0.39, 0.29) is 18.2 Å². The molecule has 1 aliphatic carbocycles. The lowest BCUT2D eigenvalue weighted by Gasteiger charge is -2.31. The van der Waals surface area contributed by atoms with Crippen molar-refractivity contribution in [2.45, 2.75) is 38.6 Å². The van der Waals surface area contributed by atoms with Crippen molar-refractivity contribution < 1.29 is 19.1 Å². The summed E-state index contributed by atoms with van der Waals surface area (Å²) in [6.45, 7) is 4.43. The predicted molar refractivity (Wildman–Crippen MR) is 109 cm³/mol. The second kappa shape index (κ2) is 9.07. The molecule has 1 heterocycles. The first-order valence-corrected chi connectivity index (χ1v) is 10.1. The zero-order valence-electron chi connectivity index (χ0n) is 16.9. The number of amides is 2. The van der Waals surface area contributed by atoms with Gasteiger partial charge >= 0.3 is 5.97 Å². The van der Waals surface area contributed by atoms with Gasteiger partial charge in [-0.2, -0.15) is 0 Å². The van der Waals surface area contributed by atoms with Crippen molar-refractivity contribution in [2.75, 3.05) is 13.7 Å². The van der Waals surface area contributed by atoms with E-state index < -0.39 is 17.3 Å². The van der Waals surface area contributed by atoms with Crippen LogP contribution in [0.1, 0.15) is 37.7 Å².